The first-order valence-corrected chi connectivity index (χ1v) is 5.08. The van der Waals surface area contributed by atoms with Crippen molar-refractivity contribution in [3.63, 3.8) is 0 Å². The number of nitrogens with one attached hydrogen (secondary N) is 1. The van der Waals surface area contributed by atoms with Crippen LogP contribution in [0.4, 0.5) is 5.82 Å². The lowest BCUT2D eigenvalue weighted by atomic mass is 10.2. The van der Waals surface area contributed by atoms with Crippen molar-refractivity contribution in [1.82, 2.24) is 9.97 Å². The summed E-state index contributed by atoms with van der Waals surface area (Å²) < 4.78 is 0. The first-order chi connectivity index (χ1) is 8.38. The number of rotatable bonds is 3. The second-order valence-corrected chi connectivity index (χ2v) is 3.30. The fourth-order valence-electron chi connectivity index (χ4n) is 1.31. The Hall–Kier alpha value is -2.67. The maximum absolute atomic E-state index is 9.02. The molecule has 1 heterocycles. The predicted molar refractivity (Wildman–Crippen MR) is 65.7 cm³/mol. The van der Waals surface area contributed by atoms with Gasteiger partial charge in [0.2, 0.25) is 0 Å². The van der Waals surface area contributed by atoms with E-state index in [1.807, 2.05) is 30.3 Å². The van der Waals surface area contributed by atoms with Crippen molar-refractivity contribution in [2.45, 2.75) is 0 Å². The van der Waals surface area contributed by atoms with Crippen molar-refractivity contribution in [3.05, 3.63) is 60.2 Å². The summed E-state index contributed by atoms with van der Waals surface area (Å²) in [6, 6.07) is 11.7. The molecule has 0 saturated heterocycles. The smallest absolute Gasteiger partial charge is 0.149 e. The third kappa shape index (κ3) is 3.14. The second kappa shape index (κ2) is 5.42. The molecule has 0 radical (unpaired) electrons. The molecule has 0 unspecified atom stereocenters. The maximum Gasteiger partial charge on any atom is 0.149 e. The molecule has 4 heteroatoms. The van der Waals surface area contributed by atoms with E-state index in [0.717, 1.165) is 5.56 Å². The van der Waals surface area contributed by atoms with Crippen molar-refractivity contribution in [2.24, 2.45) is 0 Å². The van der Waals surface area contributed by atoms with E-state index in [-0.39, 0.29) is 0 Å². The second-order valence-electron chi connectivity index (χ2n) is 3.30. The van der Waals surface area contributed by atoms with Gasteiger partial charge in [0.25, 0.3) is 0 Å². The lowest BCUT2D eigenvalue weighted by Gasteiger charge is -2.02. The first kappa shape index (κ1) is 10.8. The highest BCUT2D eigenvalue weighted by Crippen LogP contribution is 2.08. The van der Waals surface area contributed by atoms with Crippen molar-refractivity contribution in [1.29, 1.82) is 5.26 Å². The quantitative estimate of drug-likeness (QED) is 0.810. The van der Waals surface area contributed by atoms with Crippen molar-refractivity contribution < 1.29 is 0 Å². The third-order valence-electron chi connectivity index (χ3n) is 2.06. The molecular weight excluding hydrogens is 212 g/mol. The van der Waals surface area contributed by atoms with Gasteiger partial charge in [-0.2, -0.15) is 5.26 Å². The summed E-state index contributed by atoms with van der Waals surface area (Å²) in [5, 5.41) is 11.9. The zero-order chi connectivity index (χ0) is 11.9. The van der Waals surface area contributed by atoms with Gasteiger partial charge in [0.05, 0.1) is 6.20 Å². The summed E-state index contributed by atoms with van der Waals surface area (Å²) >= 11 is 0. The number of allylic oxidation sites excluding steroid dienone is 1. The molecular formula is C13H10N4. The van der Waals surface area contributed by atoms with Crippen molar-refractivity contribution in [3.8, 4) is 6.07 Å². The number of aromatic nitrogens is 2. The Kier molecular flexibility index (Phi) is 3.46. The normalized spacial score (nSPS) is 10.6. The molecule has 0 aliphatic heterocycles. The van der Waals surface area contributed by atoms with Crippen LogP contribution in [0.15, 0.2) is 54.6 Å². The van der Waals surface area contributed by atoms with E-state index in [1.54, 1.807) is 24.7 Å². The van der Waals surface area contributed by atoms with Crippen LogP contribution in [0.5, 0.6) is 0 Å². The predicted octanol–water partition coefficient (Wildman–Crippen LogP) is 2.45. The van der Waals surface area contributed by atoms with Crippen LogP contribution in [-0.4, -0.2) is 9.97 Å². The molecule has 82 valence electrons. The van der Waals surface area contributed by atoms with Crippen LogP contribution in [0.3, 0.4) is 0 Å². The van der Waals surface area contributed by atoms with E-state index in [1.165, 1.54) is 0 Å². The Morgan fingerprint density at radius 1 is 1.24 bits per heavy atom. The fourth-order valence-corrected chi connectivity index (χ4v) is 1.31. The molecule has 2 rings (SSSR count). The third-order valence-corrected chi connectivity index (χ3v) is 2.06. The topological polar surface area (TPSA) is 61.6 Å². The van der Waals surface area contributed by atoms with Gasteiger partial charge >= 0.3 is 0 Å². The van der Waals surface area contributed by atoms with E-state index >= 15 is 0 Å². The molecule has 17 heavy (non-hydrogen) atoms. The molecule has 0 bridgehead atoms. The van der Waals surface area contributed by atoms with Gasteiger partial charge in [-0.3, -0.25) is 4.98 Å². The Balaban J connectivity index is 2.19. The molecule has 4 nitrogen and oxygen atoms in total. The molecule has 0 aliphatic carbocycles. The molecule has 2 aromatic rings. The standard InChI is InChI=1S/C13H10N4/c14-9-12(8-11-4-2-1-3-5-11)17-13-10-15-6-7-16-13/h1-8,10H,(H,16,17). The van der Waals surface area contributed by atoms with Crippen LogP contribution >= 0.6 is 0 Å². The minimum absolute atomic E-state index is 0.428. The highest BCUT2D eigenvalue weighted by Gasteiger charge is 1.98. The van der Waals surface area contributed by atoms with E-state index in [2.05, 4.69) is 21.4 Å². The minimum atomic E-state index is 0.428. The van der Waals surface area contributed by atoms with Crippen LogP contribution in [0, 0.1) is 11.3 Å². The van der Waals surface area contributed by atoms with Gasteiger partial charge < -0.3 is 5.32 Å². The summed E-state index contributed by atoms with van der Waals surface area (Å²) in [5.74, 6) is 0.552. The van der Waals surface area contributed by atoms with Gasteiger partial charge in [0, 0.05) is 12.4 Å². The Morgan fingerprint density at radius 3 is 2.71 bits per heavy atom. The molecule has 0 aliphatic rings. The SMILES string of the molecule is N#CC(=Cc1ccccc1)Nc1cnccn1. The number of nitriles is 1. The highest BCUT2D eigenvalue weighted by atomic mass is 15.0. The largest absolute Gasteiger partial charge is 0.330 e. The van der Waals surface area contributed by atoms with Gasteiger partial charge in [0.1, 0.15) is 17.6 Å². The number of nitrogens with zero attached hydrogens (tertiary/aromatic N) is 3. The van der Waals surface area contributed by atoms with E-state index < -0.39 is 0 Å². The van der Waals surface area contributed by atoms with Gasteiger partial charge in [-0.15, -0.1) is 0 Å². The Bertz CT molecular complexity index is 541. The molecule has 0 fully saturated rings. The van der Waals surface area contributed by atoms with Crippen LogP contribution in [0.1, 0.15) is 5.56 Å². The summed E-state index contributed by atoms with van der Waals surface area (Å²) in [5.41, 5.74) is 1.39. The Labute approximate surface area is 99.3 Å². The summed E-state index contributed by atoms with van der Waals surface area (Å²) in [4.78, 5) is 7.96. The van der Waals surface area contributed by atoms with Crippen LogP contribution in [0.2, 0.25) is 0 Å². The average molecular weight is 222 g/mol. The lowest BCUT2D eigenvalue weighted by Crippen LogP contribution is -1.99. The molecule has 1 aromatic carbocycles. The number of benzene rings is 1. The summed E-state index contributed by atoms with van der Waals surface area (Å²) in [7, 11) is 0. The monoisotopic (exact) mass is 222 g/mol. The lowest BCUT2D eigenvalue weighted by molar-refractivity contribution is 1.19. The van der Waals surface area contributed by atoms with Gasteiger partial charge in [-0.05, 0) is 11.6 Å². The van der Waals surface area contributed by atoms with E-state index in [4.69, 9.17) is 5.26 Å². The zero-order valence-corrected chi connectivity index (χ0v) is 9.04. The summed E-state index contributed by atoms with van der Waals surface area (Å²) in [6.07, 6.45) is 6.48. The van der Waals surface area contributed by atoms with Crippen LogP contribution in [0.25, 0.3) is 6.08 Å². The molecule has 0 atom stereocenters. The average Bonchev–Trinajstić information content (AvgIpc) is 2.40. The van der Waals surface area contributed by atoms with Crippen molar-refractivity contribution in [2.75, 3.05) is 5.32 Å². The molecule has 0 saturated carbocycles. The van der Waals surface area contributed by atoms with Crippen LogP contribution in [-0.2, 0) is 0 Å². The summed E-state index contributed by atoms with van der Waals surface area (Å²) in [6.45, 7) is 0. The minimum Gasteiger partial charge on any atom is -0.330 e. The number of hydrogen-bond donors (Lipinski definition) is 1. The zero-order valence-electron chi connectivity index (χ0n) is 9.04. The first-order valence-electron chi connectivity index (χ1n) is 5.08. The van der Waals surface area contributed by atoms with Crippen LogP contribution < -0.4 is 5.32 Å². The number of anilines is 1. The molecule has 1 aromatic heterocycles. The van der Waals surface area contributed by atoms with E-state index in [9.17, 15) is 0 Å². The molecule has 1 N–H and O–H groups in total. The van der Waals surface area contributed by atoms with Gasteiger partial charge in [-0.25, -0.2) is 4.98 Å². The van der Waals surface area contributed by atoms with Crippen molar-refractivity contribution >= 4 is 11.9 Å². The molecule has 0 amide bonds. The number of hydrogen-bond acceptors (Lipinski definition) is 4. The maximum atomic E-state index is 9.02. The fraction of sp³-hybridized carbons (Fsp3) is 0. The van der Waals surface area contributed by atoms with Gasteiger partial charge in [-0.1, -0.05) is 30.3 Å². The Morgan fingerprint density at radius 2 is 2.06 bits per heavy atom. The van der Waals surface area contributed by atoms with E-state index in [0.29, 0.717) is 11.5 Å². The molecule has 0 spiro atoms. The van der Waals surface area contributed by atoms with Gasteiger partial charge in [0.15, 0.2) is 0 Å². The highest BCUT2D eigenvalue weighted by molar-refractivity contribution is 5.62.